The molecule has 1 fully saturated rings. The van der Waals surface area contributed by atoms with Gasteiger partial charge in [0.05, 0.1) is 10.6 Å². The van der Waals surface area contributed by atoms with Crippen LogP contribution in [0.25, 0.3) is 6.08 Å². The van der Waals surface area contributed by atoms with Crippen molar-refractivity contribution in [2.45, 2.75) is 0 Å². The van der Waals surface area contributed by atoms with Crippen molar-refractivity contribution >= 4 is 69.2 Å². The maximum atomic E-state index is 12.6. The molecule has 0 aromatic heterocycles. The zero-order valence-electron chi connectivity index (χ0n) is 11.1. The minimum Gasteiger partial charge on any atom is -0.268 e. The lowest BCUT2D eigenvalue weighted by Gasteiger charge is -2.13. The van der Waals surface area contributed by atoms with Gasteiger partial charge in [-0.2, -0.15) is 0 Å². The van der Waals surface area contributed by atoms with Gasteiger partial charge in [-0.05, 0) is 30.3 Å². The summed E-state index contributed by atoms with van der Waals surface area (Å²) >= 11 is 18.9. The number of anilines is 1. The number of nitrogens with zero attached hydrogens (tertiary/aromatic N) is 1. The Morgan fingerprint density at radius 1 is 1.00 bits per heavy atom. The summed E-state index contributed by atoms with van der Waals surface area (Å²) in [6.07, 6.45) is 1.69. The lowest BCUT2D eigenvalue weighted by molar-refractivity contribution is -0.113. The number of carbonyl (C=O) groups excluding carboxylic acids is 1. The fourth-order valence-electron chi connectivity index (χ4n) is 2.05. The van der Waals surface area contributed by atoms with Gasteiger partial charge in [0.15, 0.2) is 4.32 Å². The molecule has 0 saturated carbocycles. The van der Waals surface area contributed by atoms with Gasteiger partial charge >= 0.3 is 0 Å². The fourth-order valence-corrected chi connectivity index (χ4v) is 3.83. The molecule has 0 aliphatic carbocycles. The fraction of sp³-hybridized carbons (Fsp3) is 0. The van der Waals surface area contributed by atoms with Crippen molar-refractivity contribution in [1.29, 1.82) is 0 Å². The third-order valence-corrected chi connectivity index (χ3v) is 5.04. The first kappa shape index (κ1) is 15.6. The van der Waals surface area contributed by atoms with Crippen LogP contribution in [0.2, 0.25) is 10.0 Å². The highest BCUT2D eigenvalue weighted by atomic mass is 35.5. The van der Waals surface area contributed by atoms with E-state index in [4.69, 9.17) is 35.4 Å². The zero-order chi connectivity index (χ0) is 15.7. The molecule has 1 aliphatic rings. The summed E-state index contributed by atoms with van der Waals surface area (Å²) in [5.41, 5.74) is 1.37. The Morgan fingerprint density at radius 2 is 1.64 bits per heavy atom. The molecule has 0 bridgehead atoms. The van der Waals surface area contributed by atoms with Crippen LogP contribution in [-0.2, 0) is 4.79 Å². The first-order valence-electron chi connectivity index (χ1n) is 6.35. The van der Waals surface area contributed by atoms with Crippen molar-refractivity contribution in [3.8, 4) is 0 Å². The molecular weight excluding hydrogens is 357 g/mol. The second kappa shape index (κ2) is 6.42. The molecule has 3 rings (SSSR count). The Morgan fingerprint density at radius 3 is 2.27 bits per heavy atom. The van der Waals surface area contributed by atoms with Crippen LogP contribution in [0.3, 0.4) is 0 Å². The highest BCUT2D eigenvalue weighted by Crippen LogP contribution is 2.37. The highest BCUT2D eigenvalue weighted by Gasteiger charge is 2.33. The van der Waals surface area contributed by atoms with Crippen molar-refractivity contribution < 1.29 is 4.79 Å². The number of benzene rings is 2. The Kier molecular flexibility index (Phi) is 4.54. The molecule has 2 aromatic carbocycles. The Labute approximate surface area is 147 Å². The SMILES string of the molecule is O=C1C(=Cc2c(Cl)cccc2Cl)SC(=S)N1c1ccccc1. The number of halogens is 2. The smallest absolute Gasteiger partial charge is 0.268 e. The molecule has 2 aromatic rings. The normalized spacial score (nSPS) is 16.6. The molecule has 0 unspecified atom stereocenters. The van der Waals surface area contributed by atoms with Crippen LogP contribution in [0.4, 0.5) is 5.69 Å². The topological polar surface area (TPSA) is 20.3 Å². The molecule has 1 amide bonds. The summed E-state index contributed by atoms with van der Waals surface area (Å²) in [6, 6.07) is 14.5. The molecule has 1 heterocycles. The van der Waals surface area contributed by atoms with Crippen molar-refractivity contribution in [2.24, 2.45) is 0 Å². The summed E-state index contributed by atoms with van der Waals surface area (Å²) < 4.78 is 0.491. The maximum Gasteiger partial charge on any atom is 0.270 e. The van der Waals surface area contributed by atoms with Crippen LogP contribution in [0, 0.1) is 0 Å². The van der Waals surface area contributed by atoms with Gasteiger partial charge in [-0.3, -0.25) is 9.69 Å². The molecule has 1 aliphatic heterocycles. The second-order valence-electron chi connectivity index (χ2n) is 4.49. The predicted molar refractivity (Wildman–Crippen MR) is 98.6 cm³/mol. The summed E-state index contributed by atoms with van der Waals surface area (Å²) in [7, 11) is 0. The Bertz CT molecular complexity index is 770. The maximum absolute atomic E-state index is 12.6. The van der Waals surface area contributed by atoms with E-state index in [0.717, 1.165) is 5.69 Å². The average molecular weight is 366 g/mol. The van der Waals surface area contributed by atoms with Gasteiger partial charge in [-0.15, -0.1) is 0 Å². The lowest BCUT2D eigenvalue weighted by atomic mass is 10.2. The lowest BCUT2D eigenvalue weighted by Crippen LogP contribution is -2.27. The number of thioether (sulfide) groups is 1. The Balaban J connectivity index is 2.00. The van der Waals surface area contributed by atoms with E-state index in [-0.39, 0.29) is 5.91 Å². The molecule has 6 heteroatoms. The summed E-state index contributed by atoms with van der Waals surface area (Å²) in [5, 5.41) is 0.995. The average Bonchev–Trinajstić information content (AvgIpc) is 2.78. The van der Waals surface area contributed by atoms with E-state index >= 15 is 0 Å². The third kappa shape index (κ3) is 2.92. The van der Waals surface area contributed by atoms with Gasteiger partial charge in [0, 0.05) is 15.6 Å². The van der Waals surface area contributed by atoms with Gasteiger partial charge in [-0.1, -0.05) is 71.4 Å². The van der Waals surface area contributed by atoms with Crippen molar-refractivity contribution in [3.05, 3.63) is 69.0 Å². The monoisotopic (exact) mass is 365 g/mol. The first-order valence-corrected chi connectivity index (χ1v) is 8.33. The standard InChI is InChI=1S/C16H9Cl2NOS2/c17-12-7-4-8-13(18)11(12)9-14-15(20)19(16(21)22-14)10-5-2-1-3-6-10/h1-9H. The molecule has 0 spiro atoms. The zero-order valence-corrected chi connectivity index (χ0v) is 14.3. The van der Waals surface area contributed by atoms with Crippen LogP contribution in [0.1, 0.15) is 5.56 Å². The van der Waals surface area contributed by atoms with Crippen LogP contribution in [0.5, 0.6) is 0 Å². The molecule has 0 atom stereocenters. The van der Waals surface area contributed by atoms with Crippen LogP contribution in [0.15, 0.2) is 53.4 Å². The number of thiocarbonyl (C=S) groups is 1. The molecule has 1 saturated heterocycles. The van der Waals surface area contributed by atoms with E-state index < -0.39 is 0 Å². The number of carbonyl (C=O) groups is 1. The first-order chi connectivity index (χ1) is 10.6. The van der Waals surface area contributed by atoms with E-state index in [2.05, 4.69) is 0 Å². The van der Waals surface area contributed by atoms with Gasteiger partial charge < -0.3 is 0 Å². The number of amides is 1. The van der Waals surface area contributed by atoms with Crippen molar-refractivity contribution in [1.82, 2.24) is 0 Å². The minimum atomic E-state index is -0.169. The largest absolute Gasteiger partial charge is 0.270 e. The molecule has 2 nitrogen and oxygen atoms in total. The quantitative estimate of drug-likeness (QED) is 0.524. The summed E-state index contributed by atoms with van der Waals surface area (Å²) in [6.45, 7) is 0. The van der Waals surface area contributed by atoms with Crippen LogP contribution < -0.4 is 4.90 Å². The van der Waals surface area contributed by atoms with Gasteiger partial charge in [-0.25, -0.2) is 0 Å². The minimum absolute atomic E-state index is 0.169. The van der Waals surface area contributed by atoms with E-state index in [9.17, 15) is 4.79 Å². The number of hydrogen-bond acceptors (Lipinski definition) is 3. The van der Waals surface area contributed by atoms with Crippen molar-refractivity contribution in [3.63, 3.8) is 0 Å². The van der Waals surface area contributed by atoms with E-state index in [1.165, 1.54) is 16.7 Å². The van der Waals surface area contributed by atoms with Crippen molar-refractivity contribution in [2.75, 3.05) is 4.90 Å². The van der Waals surface area contributed by atoms with Gasteiger partial charge in [0.25, 0.3) is 5.91 Å². The van der Waals surface area contributed by atoms with Crippen LogP contribution >= 0.6 is 47.2 Å². The van der Waals surface area contributed by atoms with Crippen LogP contribution in [-0.4, -0.2) is 10.2 Å². The second-order valence-corrected chi connectivity index (χ2v) is 6.98. The molecule has 0 N–H and O–H groups in total. The number of rotatable bonds is 2. The molecular formula is C16H9Cl2NOS2. The highest BCUT2D eigenvalue weighted by molar-refractivity contribution is 8.27. The predicted octanol–water partition coefficient (Wildman–Crippen LogP) is 5.40. The Hall–Kier alpha value is -1.33. The van der Waals surface area contributed by atoms with E-state index in [0.29, 0.717) is 24.8 Å². The number of para-hydroxylation sites is 1. The number of hydrogen-bond donors (Lipinski definition) is 0. The molecule has 22 heavy (non-hydrogen) atoms. The van der Waals surface area contributed by atoms with E-state index in [1.54, 1.807) is 24.3 Å². The molecule has 0 radical (unpaired) electrons. The van der Waals surface area contributed by atoms with Gasteiger partial charge in [0.2, 0.25) is 0 Å². The van der Waals surface area contributed by atoms with E-state index in [1.807, 2.05) is 30.3 Å². The third-order valence-electron chi connectivity index (χ3n) is 3.08. The summed E-state index contributed by atoms with van der Waals surface area (Å²) in [5.74, 6) is -0.169. The van der Waals surface area contributed by atoms with Gasteiger partial charge in [0.1, 0.15) is 0 Å². The summed E-state index contributed by atoms with van der Waals surface area (Å²) in [4.78, 5) is 14.6. The molecule has 110 valence electrons.